The van der Waals surface area contributed by atoms with E-state index in [1.807, 2.05) is 19.1 Å². The number of benzene rings is 1. The Kier molecular flexibility index (Phi) is 3.81. The van der Waals surface area contributed by atoms with E-state index in [0.717, 1.165) is 11.5 Å². The van der Waals surface area contributed by atoms with Gasteiger partial charge in [0, 0.05) is 6.07 Å². The van der Waals surface area contributed by atoms with Crippen LogP contribution < -0.4 is 9.47 Å². The van der Waals surface area contributed by atoms with Crippen LogP contribution in [0.25, 0.3) is 0 Å². The first-order valence-corrected chi connectivity index (χ1v) is 4.99. The van der Waals surface area contributed by atoms with Gasteiger partial charge in [-0.2, -0.15) is 0 Å². The van der Waals surface area contributed by atoms with Crippen LogP contribution in [0.3, 0.4) is 0 Å². The highest BCUT2D eigenvalue weighted by Gasteiger charge is 2.08. The Balaban J connectivity index is 3.03. The highest BCUT2D eigenvalue weighted by atomic mass is 16.5. The van der Waals surface area contributed by atoms with E-state index < -0.39 is 0 Å². The molecule has 0 unspecified atom stereocenters. The fraction of sp³-hybridized carbons (Fsp3) is 0.500. The minimum absolute atomic E-state index is 0.474. The van der Waals surface area contributed by atoms with Crippen molar-refractivity contribution < 1.29 is 9.47 Å². The van der Waals surface area contributed by atoms with E-state index in [1.54, 1.807) is 7.11 Å². The molecule has 0 aliphatic heterocycles. The van der Waals surface area contributed by atoms with Crippen molar-refractivity contribution in [3.8, 4) is 11.5 Å². The quantitative estimate of drug-likeness (QED) is 0.732. The molecule has 1 aromatic rings. The molecule has 14 heavy (non-hydrogen) atoms. The molecule has 0 atom stereocenters. The van der Waals surface area contributed by atoms with Gasteiger partial charge in [0.2, 0.25) is 0 Å². The molecule has 78 valence electrons. The molecular formula is C12H18O2. The molecule has 0 radical (unpaired) electrons. The van der Waals surface area contributed by atoms with Gasteiger partial charge in [0.1, 0.15) is 11.5 Å². The van der Waals surface area contributed by atoms with Crippen molar-refractivity contribution in [2.75, 3.05) is 13.7 Å². The van der Waals surface area contributed by atoms with Crippen molar-refractivity contribution in [2.45, 2.75) is 26.7 Å². The van der Waals surface area contributed by atoms with Gasteiger partial charge in [-0.25, -0.2) is 0 Å². The second-order valence-electron chi connectivity index (χ2n) is 3.49. The van der Waals surface area contributed by atoms with E-state index in [4.69, 9.17) is 9.47 Å². The normalized spacial score (nSPS) is 10.4. The molecule has 0 bridgehead atoms. The van der Waals surface area contributed by atoms with Gasteiger partial charge < -0.3 is 9.47 Å². The maximum absolute atomic E-state index is 5.56. The average molecular weight is 194 g/mol. The number of hydrogen-bond acceptors (Lipinski definition) is 2. The summed E-state index contributed by atoms with van der Waals surface area (Å²) < 4.78 is 10.7. The van der Waals surface area contributed by atoms with Crippen LogP contribution in [0.4, 0.5) is 0 Å². The summed E-state index contributed by atoms with van der Waals surface area (Å²) in [5, 5.41) is 0. The second kappa shape index (κ2) is 4.89. The fourth-order valence-electron chi connectivity index (χ4n) is 1.40. The number of hydrogen-bond donors (Lipinski definition) is 0. The Morgan fingerprint density at radius 3 is 2.50 bits per heavy atom. The third kappa shape index (κ3) is 2.41. The summed E-state index contributed by atoms with van der Waals surface area (Å²) in [6, 6.07) is 5.98. The highest BCUT2D eigenvalue weighted by molar-refractivity contribution is 5.42. The molecule has 1 aromatic carbocycles. The van der Waals surface area contributed by atoms with Gasteiger partial charge in [0.15, 0.2) is 0 Å². The zero-order valence-corrected chi connectivity index (χ0v) is 9.33. The number of methoxy groups -OCH3 is 1. The molecule has 1 rings (SSSR count). The Bertz CT molecular complexity index is 292. The lowest BCUT2D eigenvalue weighted by molar-refractivity contribution is 0.331. The molecule has 0 N–H and O–H groups in total. The molecule has 2 nitrogen and oxygen atoms in total. The zero-order chi connectivity index (χ0) is 10.6. The lowest BCUT2D eigenvalue weighted by Gasteiger charge is -2.14. The summed E-state index contributed by atoms with van der Waals surface area (Å²) in [7, 11) is 1.67. The van der Waals surface area contributed by atoms with Crippen LogP contribution in [0, 0.1) is 0 Å². The van der Waals surface area contributed by atoms with Gasteiger partial charge in [-0.1, -0.05) is 19.9 Å². The first-order valence-electron chi connectivity index (χ1n) is 4.99. The lowest BCUT2D eigenvalue weighted by Crippen LogP contribution is -1.98. The third-order valence-electron chi connectivity index (χ3n) is 2.14. The van der Waals surface area contributed by atoms with Crippen molar-refractivity contribution in [1.29, 1.82) is 0 Å². The van der Waals surface area contributed by atoms with E-state index in [1.165, 1.54) is 5.56 Å². The van der Waals surface area contributed by atoms with Crippen molar-refractivity contribution >= 4 is 0 Å². The molecule has 0 aliphatic carbocycles. The van der Waals surface area contributed by atoms with Gasteiger partial charge >= 0.3 is 0 Å². The van der Waals surface area contributed by atoms with Gasteiger partial charge in [-0.3, -0.25) is 0 Å². The summed E-state index contributed by atoms with van der Waals surface area (Å²) >= 11 is 0. The summed E-state index contributed by atoms with van der Waals surface area (Å²) in [5.41, 5.74) is 1.23. The Hall–Kier alpha value is -1.18. The second-order valence-corrected chi connectivity index (χ2v) is 3.49. The molecule has 0 fully saturated rings. The minimum atomic E-state index is 0.474. The summed E-state index contributed by atoms with van der Waals surface area (Å²) in [4.78, 5) is 0. The molecule has 2 heteroatoms. The van der Waals surface area contributed by atoms with Gasteiger partial charge in [-0.05, 0) is 24.5 Å². The van der Waals surface area contributed by atoms with Crippen LogP contribution in [0.5, 0.6) is 11.5 Å². The van der Waals surface area contributed by atoms with Crippen molar-refractivity contribution in [2.24, 2.45) is 0 Å². The minimum Gasteiger partial charge on any atom is -0.497 e. The van der Waals surface area contributed by atoms with Gasteiger partial charge in [0.25, 0.3) is 0 Å². The van der Waals surface area contributed by atoms with Gasteiger partial charge in [0.05, 0.1) is 13.7 Å². The molecule has 0 aliphatic rings. The Labute approximate surface area is 85.8 Å². The van der Waals surface area contributed by atoms with E-state index in [2.05, 4.69) is 19.9 Å². The molecule has 0 heterocycles. The first-order chi connectivity index (χ1) is 6.69. The predicted octanol–water partition coefficient (Wildman–Crippen LogP) is 3.22. The van der Waals surface area contributed by atoms with Crippen molar-refractivity contribution in [1.82, 2.24) is 0 Å². The molecule has 0 spiro atoms. The standard InChI is InChI=1S/C12H18O2/c1-5-14-12-8-10(13-4)6-7-11(12)9(2)3/h6-9H,5H2,1-4H3. The average Bonchev–Trinajstić information content (AvgIpc) is 2.17. The first kappa shape index (κ1) is 10.9. The van der Waals surface area contributed by atoms with E-state index in [0.29, 0.717) is 12.5 Å². The van der Waals surface area contributed by atoms with Crippen molar-refractivity contribution in [3.63, 3.8) is 0 Å². The van der Waals surface area contributed by atoms with E-state index >= 15 is 0 Å². The molecule has 0 amide bonds. The molecule has 0 aromatic heterocycles. The molecule has 0 saturated heterocycles. The molecular weight excluding hydrogens is 176 g/mol. The maximum Gasteiger partial charge on any atom is 0.126 e. The van der Waals surface area contributed by atoms with Crippen LogP contribution in [0.15, 0.2) is 18.2 Å². The largest absolute Gasteiger partial charge is 0.497 e. The predicted molar refractivity (Wildman–Crippen MR) is 58.3 cm³/mol. The van der Waals surface area contributed by atoms with Crippen molar-refractivity contribution in [3.05, 3.63) is 23.8 Å². The van der Waals surface area contributed by atoms with Crippen LogP contribution in [-0.2, 0) is 0 Å². The van der Waals surface area contributed by atoms with Crippen LogP contribution >= 0.6 is 0 Å². The molecule has 0 saturated carbocycles. The van der Waals surface area contributed by atoms with Crippen LogP contribution in [0.1, 0.15) is 32.3 Å². The summed E-state index contributed by atoms with van der Waals surface area (Å²) in [5.74, 6) is 2.25. The fourth-order valence-corrected chi connectivity index (χ4v) is 1.40. The summed E-state index contributed by atoms with van der Waals surface area (Å²) in [6.45, 7) is 6.99. The lowest BCUT2D eigenvalue weighted by atomic mass is 10.0. The number of ether oxygens (including phenoxy) is 2. The maximum atomic E-state index is 5.56. The zero-order valence-electron chi connectivity index (χ0n) is 9.33. The topological polar surface area (TPSA) is 18.5 Å². The van der Waals surface area contributed by atoms with E-state index in [9.17, 15) is 0 Å². The Morgan fingerprint density at radius 2 is 2.00 bits per heavy atom. The van der Waals surface area contributed by atoms with Crippen LogP contribution in [-0.4, -0.2) is 13.7 Å². The number of rotatable bonds is 4. The van der Waals surface area contributed by atoms with Crippen LogP contribution in [0.2, 0.25) is 0 Å². The third-order valence-corrected chi connectivity index (χ3v) is 2.14. The monoisotopic (exact) mass is 194 g/mol. The highest BCUT2D eigenvalue weighted by Crippen LogP contribution is 2.30. The van der Waals surface area contributed by atoms with E-state index in [-0.39, 0.29) is 0 Å². The SMILES string of the molecule is CCOc1cc(OC)ccc1C(C)C. The summed E-state index contributed by atoms with van der Waals surface area (Å²) in [6.07, 6.45) is 0. The van der Waals surface area contributed by atoms with Gasteiger partial charge in [-0.15, -0.1) is 0 Å². The smallest absolute Gasteiger partial charge is 0.126 e. The Morgan fingerprint density at radius 1 is 1.29 bits per heavy atom.